The summed E-state index contributed by atoms with van der Waals surface area (Å²) in [6.45, 7) is 4.13. The quantitative estimate of drug-likeness (QED) is 0.314. The summed E-state index contributed by atoms with van der Waals surface area (Å²) >= 11 is 0. The number of primary sulfonamides is 1. The summed E-state index contributed by atoms with van der Waals surface area (Å²) in [5.41, 5.74) is 3.57. The van der Waals surface area contributed by atoms with E-state index in [1.54, 1.807) is 6.07 Å². The van der Waals surface area contributed by atoms with Crippen LogP contribution in [0.25, 0.3) is 0 Å². The monoisotopic (exact) mass is 315 g/mol. The third kappa shape index (κ3) is 6.06. The van der Waals surface area contributed by atoms with Crippen molar-refractivity contribution < 1.29 is 13.2 Å². The number of nitrogen functional groups attached to an aromatic ring is 1. The number of carbonyl (C=O) groups excluding carboxylic acids is 1. The highest BCUT2D eigenvalue weighted by Gasteiger charge is 2.11. The molecule has 0 aliphatic heterocycles. The summed E-state index contributed by atoms with van der Waals surface area (Å²) < 4.78 is 21.6. The molecule has 1 heterocycles. The van der Waals surface area contributed by atoms with Crippen LogP contribution >= 0.6 is 0 Å². The van der Waals surface area contributed by atoms with Gasteiger partial charge in [0.05, 0.1) is 5.75 Å². The first kappa shape index (κ1) is 17.3. The Balaban J connectivity index is 2.71. The van der Waals surface area contributed by atoms with E-state index in [2.05, 4.69) is 15.7 Å². The molecular weight excluding hydrogens is 294 g/mol. The van der Waals surface area contributed by atoms with E-state index < -0.39 is 10.0 Å². The van der Waals surface area contributed by atoms with Gasteiger partial charge in [-0.25, -0.2) is 24.4 Å². The maximum Gasteiger partial charge on any atom is 0.251 e. The topological polar surface area (TPSA) is 140 Å². The van der Waals surface area contributed by atoms with Crippen LogP contribution in [-0.4, -0.2) is 31.6 Å². The molecule has 1 rings (SSSR count). The lowest BCUT2D eigenvalue weighted by molar-refractivity contribution is 0.0953. The molecule has 0 aliphatic carbocycles. The number of amides is 1. The van der Waals surface area contributed by atoms with Crippen LogP contribution < -0.4 is 21.7 Å². The molecular formula is C12H21N5O3S. The van der Waals surface area contributed by atoms with Gasteiger partial charge in [0, 0.05) is 17.8 Å². The van der Waals surface area contributed by atoms with Crippen molar-refractivity contribution >= 4 is 21.7 Å². The van der Waals surface area contributed by atoms with Crippen molar-refractivity contribution in [2.24, 2.45) is 11.0 Å². The molecule has 0 saturated carbocycles. The van der Waals surface area contributed by atoms with E-state index in [1.807, 2.05) is 13.8 Å². The second-order valence-electron chi connectivity index (χ2n) is 4.94. The molecule has 21 heavy (non-hydrogen) atoms. The van der Waals surface area contributed by atoms with Gasteiger partial charge in [-0.3, -0.25) is 4.79 Å². The Labute approximate surface area is 124 Å². The largest absolute Gasteiger partial charge is 0.352 e. The van der Waals surface area contributed by atoms with E-state index in [1.165, 1.54) is 6.07 Å². The minimum absolute atomic E-state index is 0.146. The SMILES string of the molecule is CC(C)c1cc(C(=O)NCCCS(N)(=O)=O)cc(NN)n1. The summed E-state index contributed by atoms with van der Waals surface area (Å²) in [6.07, 6.45) is 0.259. The van der Waals surface area contributed by atoms with Gasteiger partial charge in [0.1, 0.15) is 5.82 Å². The lowest BCUT2D eigenvalue weighted by Gasteiger charge is -2.11. The zero-order chi connectivity index (χ0) is 16.0. The predicted octanol–water partition coefficient (Wildman–Crippen LogP) is -0.101. The summed E-state index contributed by atoms with van der Waals surface area (Å²) in [6, 6.07) is 3.21. The first-order valence-corrected chi connectivity index (χ1v) is 8.21. The predicted molar refractivity (Wildman–Crippen MR) is 81.1 cm³/mol. The number of nitrogens with two attached hydrogens (primary N) is 2. The first-order chi connectivity index (χ1) is 9.73. The third-order valence-corrected chi connectivity index (χ3v) is 3.60. The highest BCUT2D eigenvalue weighted by Crippen LogP contribution is 2.17. The van der Waals surface area contributed by atoms with Crippen LogP contribution in [-0.2, 0) is 10.0 Å². The Kier molecular flexibility index (Phi) is 6.06. The number of aromatic nitrogens is 1. The van der Waals surface area contributed by atoms with Crippen molar-refractivity contribution in [1.29, 1.82) is 0 Å². The maximum atomic E-state index is 12.0. The zero-order valence-corrected chi connectivity index (χ0v) is 12.9. The fourth-order valence-corrected chi connectivity index (χ4v) is 2.18. The standard InChI is InChI=1S/C12H21N5O3S/c1-8(2)10-6-9(7-11(16-10)17-13)12(18)15-4-3-5-21(14,19)20/h6-8H,3-5,13H2,1-2H3,(H,15,18)(H,16,17)(H2,14,19,20). The van der Waals surface area contributed by atoms with Gasteiger partial charge in [0.15, 0.2) is 0 Å². The Hall–Kier alpha value is -1.71. The Morgan fingerprint density at radius 2 is 2.05 bits per heavy atom. The Bertz CT molecular complexity index is 601. The van der Waals surface area contributed by atoms with Gasteiger partial charge in [0.25, 0.3) is 5.91 Å². The average molecular weight is 315 g/mol. The van der Waals surface area contributed by atoms with Crippen molar-refractivity contribution in [2.75, 3.05) is 17.7 Å². The van der Waals surface area contributed by atoms with Crippen molar-refractivity contribution in [3.05, 3.63) is 23.4 Å². The average Bonchev–Trinajstić information content (AvgIpc) is 2.41. The number of sulfonamides is 1. The van der Waals surface area contributed by atoms with Crippen LogP contribution in [0.1, 0.15) is 42.2 Å². The molecule has 1 aromatic rings. The second-order valence-corrected chi connectivity index (χ2v) is 6.68. The molecule has 0 aromatic carbocycles. The molecule has 1 aromatic heterocycles. The van der Waals surface area contributed by atoms with Crippen LogP contribution in [0.5, 0.6) is 0 Å². The number of pyridine rings is 1. The van der Waals surface area contributed by atoms with Crippen LogP contribution in [0.3, 0.4) is 0 Å². The van der Waals surface area contributed by atoms with Gasteiger partial charge in [-0.05, 0) is 24.5 Å². The van der Waals surface area contributed by atoms with Crippen LogP contribution in [0, 0.1) is 0 Å². The van der Waals surface area contributed by atoms with Crippen LogP contribution in [0.4, 0.5) is 5.82 Å². The van der Waals surface area contributed by atoms with E-state index in [0.717, 1.165) is 5.69 Å². The number of nitrogens with zero attached hydrogens (tertiary/aromatic N) is 1. The van der Waals surface area contributed by atoms with Crippen molar-refractivity contribution in [3.63, 3.8) is 0 Å². The lowest BCUT2D eigenvalue weighted by atomic mass is 10.1. The molecule has 0 spiro atoms. The van der Waals surface area contributed by atoms with Crippen LogP contribution in [0.2, 0.25) is 0 Å². The van der Waals surface area contributed by atoms with Gasteiger partial charge in [-0.15, -0.1) is 0 Å². The fourth-order valence-electron chi connectivity index (χ4n) is 1.63. The van der Waals surface area contributed by atoms with Crippen molar-refractivity contribution in [1.82, 2.24) is 10.3 Å². The summed E-state index contributed by atoms with van der Waals surface area (Å²) in [5.74, 6) is 5.39. The number of anilines is 1. The molecule has 0 saturated heterocycles. The lowest BCUT2D eigenvalue weighted by Crippen LogP contribution is -2.27. The molecule has 0 unspecified atom stereocenters. The van der Waals surface area contributed by atoms with Gasteiger partial charge in [0.2, 0.25) is 10.0 Å². The smallest absolute Gasteiger partial charge is 0.251 e. The molecule has 0 fully saturated rings. The molecule has 0 aliphatic rings. The number of hydrazine groups is 1. The molecule has 118 valence electrons. The normalized spacial score (nSPS) is 11.5. The Morgan fingerprint density at radius 3 is 2.57 bits per heavy atom. The highest BCUT2D eigenvalue weighted by molar-refractivity contribution is 7.89. The summed E-state index contributed by atoms with van der Waals surface area (Å²) in [4.78, 5) is 16.3. The van der Waals surface area contributed by atoms with Gasteiger partial charge >= 0.3 is 0 Å². The number of hydrogen-bond acceptors (Lipinski definition) is 6. The summed E-state index contributed by atoms with van der Waals surface area (Å²) in [5, 5.41) is 7.52. The van der Waals surface area contributed by atoms with Crippen LogP contribution in [0.15, 0.2) is 12.1 Å². The van der Waals surface area contributed by atoms with E-state index in [9.17, 15) is 13.2 Å². The fraction of sp³-hybridized carbons (Fsp3) is 0.500. The maximum absolute atomic E-state index is 12.0. The molecule has 0 atom stereocenters. The van der Waals surface area contributed by atoms with Crippen molar-refractivity contribution in [3.8, 4) is 0 Å². The van der Waals surface area contributed by atoms with E-state index in [4.69, 9.17) is 11.0 Å². The van der Waals surface area contributed by atoms with Gasteiger partial charge in [-0.1, -0.05) is 13.8 Å². The molecule has 1 amide bonds. The molecule has 0 radical (unpaired) electrons. The third-order valence-electron chi connectivity index (χ3n) is 2.74. The summed E-state index contributed by atoms with van der Waals surface area (Å²) in [7, 11) is -3.50. The molecule has 9 heteroatoms. The number of hydrogen-bond donors (Lipinski definition) is 4. The van der Waals surface area contributed by atoms with Gasteiger partial charge in [-0.2, -0.15) is 0 Å². The molecule has 8 nitrogen and oxygen atoms in total. The minimum Gasteiger partial charge on any atom is -0.352 e. The Morgan fingerprint density at radius 1 is 1.38 bits per heavy atom. The number of carbonyl (C=O) groups is 1. The zero-order valence-electron chi connectivity index (χ0n) is 12.1. The van der Waals surface area contributed by atoms with E-state index in [-0.39, 0.29) is 30.5 Å². The number of rotatable bonds is 7. The minimum atomic E-state index is -3.50. The second kappa shape index (κ2) is 7.34. The highest BCUT2D eigenvalue weighted by atomic mass is 32.2. The first-order valence-electron chi connectivity index (χ1n) is 6.50. The van der Waals surface area contributed by atoms with E-state index >= 15 is 0 Å². The molecule has 0 bridgehead atoms. The molecule has 6 N–H and O–H groups in total. The van der Waals surface area contributed by atoms with Crippen molar-refractivity contribution in [2.45, 2.75) is 26.2 Å². The number of nitrogens with one attached hydrogen (secondary N) is 2. The van der Waals surface area contributed by atoms with E-state index in [0.29, 0.717) is 11.4 Å². The van der Waals surface area contributed by atoms with Gasteiger partial charge < -0.3 is 10.7 Å².